The summed E-state index contributed by atoms with van der Waals surface area (Å²) in [4.78, 5) is 18.9. The zero-order valence-electron chi connectivity index (χ0n) is 16.7. The highest BCUT2D eigenvalue weighted by Gasteiger charge is 2.29. The Morgan fingerprint density at radius 1 is 1.07 bits per heavy atom. The molecular formula is C22H25N3O3. The van der Waals surface area contributed by atoms with Crippen molar-refractivity contribution in [3.05, 3.63) is 66.1 Å². The van der Waals surface area contributed by atoms with Crippen LogP contribution in [0, 0.1) is 6.92 Å². The van der Waals surface area contributed by atoms with E-state index in [2.05, 4.69) is 10.1 Å². The highest BCUT2D eigenvalue weighted by atomic mass is 16.5. The maximum absolute atomic E-state index is 12.8. The van der Waals surface area contributed by atoms with Gasteiger partial charge in [0.05, 0.1) is 0 Å². The second kappa shape index (κ2) is 8.25. The van der Waals surface area contributed by atoms with E-state index < -0.39 is 5.54 Å². The number of aryl methyl sites for hydroxylation is 1. The van der Waals surface area contributed by atoms with Crippen LogP contribution < -0.4 is 4.74 Å². The van der Waals surface area contributed by atoms with Gasteiger partial charge in [-0.3, -0.25) is 4.79 Å². The van der Waals surface area contributed by atoms with E-state index in [9.17, 15) is 4.79 Å². The van der Waals surface area contributed by atoms with Crippen molar-refractivity contribution in [2.75, 3.05) is 6.61 Å². The van der Waals surface area contributed by atoms with Crippen LogP contribution in [0.1, 0.15) is 32.2 Å². The number of amides is 1. The standard InChI is InChI=1S/C22H25N3O3/c1-16-10-12-18(13-11-16)27-15-20(26)25(22(2,3)4)14-19-23-21(24-28-19)17-8-6-5-7-9-17/h5-13H,14-15H2,1-4H3. The molecule has 0 radical (unpaired) electrons. The lowest BCUT2D eigenvalue weighted by atomic mass is 10.1. The van der Waals surface area contributed by atoms with E-state index in [1.165, 1.54) is 0 Å². The largest absolute Gasteiger partial charge is 0.484 e. The van der Waals surface area contributed by atoms with E-state index in [0.717, 1.165) is 11.1 Å². The van der Waals surface area contributed by atoms with Crippen LogP contribution in [0.4, 0.5) is 0 Å². The number of carbonyl (C=O) groups excluding carboxylic acids is 1. The summed E-state index contributed by atoms with van der Waals surface area (Å²) in [6.07, 6.45) is 0. The van der Waals surface area contributed by atoms with Crippen molar-refractivity contribution < 1.29 is 14.1 Å². The van der Waals surface area contributed by atoms with Crippen LogP contribution in [0.15, 0.2) is 59.1 Å². The molecule has 0 N–H and O–H groups in total. The second-order valence-corrected chi connectivity index (χ2v) is 7.63. The molecular weight excluding hydrogens is 354 g/mol. The molecule has 0 aliphatic carbocycles. The molecule has 146 valence electrons. The normalized spacial score (nSPS) is 11.3. The van der Waals surface area contributed by atoms with Gasteiger partial charge in [-0.2, -0.15) is 4.98 Å². The molecule has 3 rings (SSSR count). The summed E-state index contributed by atoms with van der Waals surface area (Å²) in [5.41, 5.74) is 1.59. The first kappa shape index (κ1) is 19.6. The first-order valence-corrected chi connectivity index (χ1v) is 9.21. The van der Waals surface area contributed by atoms with Gasteiger partial charge in [0.2, 0.25) is 11.7 Å². The van der Waals surface area contributed by atoms with Gasteiger partial charge in [0, 0.05) is 11.1 Å². The van der Waals surface area contributed by atoms with Crippen molar-refractivity contribution in [1.29, 1.82) is 0 Å². The summed E-state index contributed by atoms with van der Waals surface area (Å²) in [7, 11) is 0. The van der Waals surface area contributed by atoms with Crippen molar-refractivity contribution in [2.24, 2.45) is 0 Å². The SMILES string of the molecule is Cc1ccc(OCC(=O)N(Cc2nc(-c3ccccc3)no2)C(C)(C)C)cc1. The van der Waals surface area contributed by atoms with Crippen LogP contribution in [-0.2, 0) is 11.3 Å². The number of carbonyl (C=O) groups is 1. The van der Waals surface area contributed by atoms with E-state index >= 15 is 0 Å². The van der Waals surface area contributed by atoms with Gasteiger partial charge in [-0.15, -0.1) is 0 Å². The number of ether oxygens (including phenoxy) is 1. The fourth-order valence-electron chi connectivity index (χ4n) is 2.72. The number of benzene rings is 2. The summed E-state index contributed by atoms with van der Waals surface area (Å²) in [5, 5.41) is 4.03. The minimum atomic E-state index is -0.422. The number of hydrogen-bond donors (Lipinski definition) is 0. The molecule has 0 atom stereocenters. The first-order valence-electron chi connectivity index (χ1n) is 9.21. The molecule has 0 unspecified atom stereocenters. The summed E-state index contributed by atoms with van der Waals surface area (Å²) < 4.78 is 11.0. The molecule has 3 aromatic rings. The molecule has 0 spiro atoms. The Morgan fingerprint density at radius 3 is 2.39 bits per heavy atom. The molecule has 0 fully saturated rings. The average molecular weight is 379 g/mol. The molecule has 1 heterocycles. The summed E-state index contributed by atoms with van der Waals surface area (Å²) in [6, 6.07) is 17.2. The Kier molecular flexibility index (Phi) is 5.78. The second-order valence-electron chi connectivity index (χ2n) is 7.63. The molecule has 0 saturated carbocycles. The quantitative estimate of drug-likeness (QED) is 0.640. The Balaban J connectivity index is 1.69. The summed E-state index contributed by atoms with van der Waals surface area (Å²) >= 11 is 0. The van der Waals surface area contributed by atoms with Gasteiger partial charge in [0.15, 0.2) is 6.61 Å². The third kappa shape index (κ3) is 4.97. The lowest BCUT2D eigenvalue weighted by molar-refractivity contribution is -0.139. The maximum Gasteiger partial charge on any atom is 0.261 e. The van der Waals surface area contributed by atoms with Crippen LogP contribution in [0.2, 0.25) is 0 Å². The van der Waals surface area contributed by atoms with Gasteiger partial charge in [-0.1, -0.05) is 53.2 Å². The fourth-order valence-corrected chi connectivity index (χ4v) is 2.72. The van der Waals surface area contributed by atoms with Crippen molar-refractivity contribution in [3.8, 4) is 17.1 Å². The minimum Gasteiger partial charge on any atom is -0.484 e. The van der Waals surface area contributed by atoms with Crippen LogP contribution in [0.3, 0.4) is 0 Å². The van der Waals surface area contributed by atoms with Gasteiger partial charge in [-0.25, -0.2) is 0 Å². The van der Waals surface area contributed by atoms with Crippen molar-refractivity contribution in [3.63, 3.8) is 0 Å². The molecule has 2 aromatic carbocycles. The van der Waals surface area contributed by atoms with Gasteiger partial charge in [0.25, 0.3) is 5.91 Å². The fraction of sp³-hybridized carbons (Fsp3) is 0.318. The van der Waals surface area contributed by atoms with E-state index in [-0.39, 0.29) is 19.1 Å². The van der Waals surface area contributed by atoms with Crippen LogP contribution in [0.5, 0.6) is 5.75 Å². The third-order valence-electron chi connectivity index (χ3n) is 4.29. The number of aromatic nitrogens is 2. The molecule has 0 saturated heterocycles. The van der Waals surface area contributed by atoms with E-state index in [1.54, 1.807) is 4.90 Å². The minimum absolute atomic E-state index is 0.0555. The number of rotatable bonds is 6. The average Bonchev–Trinajstić information content (AvgIpc) is 3.14. The zero-order chi connectivity index (χ0) is 20.1. The monoisotopic (exact) mass is 379 g/mol. The molecule has 1 amide bonds. The molecule has 0 bridgehead atoms. The van der Waals surface area contributed by atoms with Crippen LogP contribution >= 0.6 is 0 Å². The topological polar surface area (TPSA) is 68.5 Å². The van der Waals surface area contributed by atoms with E-state index in [1.807, 2.05) is 82.3 Å². The number of hydrogen-bond acceptors (Lipinski definition) is 5. The van der Waals surface area contributed by atoms with Gasteiger partial charge in [0.1, 0.15) is 12.3 Å². The summed E-state index contributed by atoms with van der Waals surface area (Å²) in [6.45, 7) is 8.06. The molecule has 0 aliphatic rings. The molecule has 1 aromatic heterocycles. The van der Waals surface area contributed by atoms with Crippen molar-refractivity contribution >= 4 is 5.91 Å². The van der Waals surface area contributed by atoms with Gasteiger partial charge in [-0.05, 0) is 39.8 Å². The predicted octanol–water partition coefficient (Wildman–Crippen LogP) is 4.25. The Labute approximate surface area is 165 Å². The van der Waals surface area contributed by atoms with Crippen LogP contribution in [-0.4, -0.2) is 33.1 Å². The highest BCUT2D eigenvalue weighted by Crippen LogP contribution is 2.20. The third-order valence-corrected chi connectivity index (χ3v) is 4.29. The van der Waals surface area contributed by atoms with Crippen LogP contribution in [0.25, 0.3) is 11.4 Å². The Bertz CT molecular complexity index is 912. The van der Waals surface area contributed by atoms with Crippen molar-refractivity contribution in [1.82, 2.24) is 15.0 Å². The lowest BCUT2D eigenvalue weighted by Gasteiger charge is -2.34. The number of nitrogens with zero attached hydrogens (tertiary/aromatic N) is 3. The molecule has 6 nitrogen and oxygen atoms in total. The van der Waals surface area contributed by atoms with E-state index in [0.29, 0.717) is 17.5 Å². The first-order chi connectivity index (χ1) is 13.3. The van der Waals surface area contributed by atoms with Gasteiger partial charge < -0.3 is 14.2 Å². The molecule has 6 heteroatoms. The summed E-state index contributed by atoms with van der Waals surface area (Å²) in [5.74, 6) is 1.41. The lowest BCUT2D eigenvalue weighted by Crippen LogP contribution is -2.47. The maximum atomic E-state index is 12.8. The predicted molar refractivity (Wildman–Crippen MR) is 107 cm³/mol. The van der Waals surface area contributed by atoms with Crippen molar-refractivity contribution in [2.45, 2.75) is 39.8 Å². The molecule has 28 heavy (non-hydrogen) atoms. The smallest absolute Gasteiger partial charge is 0.261 e. The Hall–Kier alpha value is -3.15. The highest BCUT2D eigenvalue weighted by molar-refractivity contribution is 5.78. The Morgan fingerprint density at radius 2 is 1.75 bits per heavy atom. The molecule has 0 aliphatic heterocycles. The van der Waals surface area contributed by atoms with E-state index in [4.69, 9.17) is 9.26 Å². The van der Waals surface area contributed by atoms with Gasteiger partial charge >= 0.3 is 0 Å². The zero-order valence-corrected chi connectivity index (χ0v) is 16.7.